The van der Waals surface area contributed by atoms with Gasteiger partial charge in [-0.15, -0.1) is 0 Å². The summed E-state index contributed by atoms with van der Waals surface area (Å²) in [6.45, 7) is 1.70. The third-order valence-corrected chi connectivity index (χ3v) is 8.26. The Morgan fingerprint density at radius 3 is 2.39 bits per heavy atom. The van der Waals surface area contributed by atoms with E-state index < -0.39 is 22.0 Å². The maximum atomic E-state index is 13.4. The number of para-hydroxylation sites is 2. The van der Waals surface area contributed by atoms with E-state index in [9.17, 15) is 18.0 Å². The molecule has 188 valence electrons. The Bertz CT molecular complexity index is 1330. The van der Waals surface area contributed by atoms with E-state index in [0.29, 0.717) is 18.0 Å². The maximum absolute atomic E-state index is 13.4. The summed E-state index contributed by atoms with van der Waals surface area (Å²) in [5, 5.41) is 2.85. The fraction of sp³-hybridized carbons (Fsp3) is 0.231. The largest absolute Gasteiger partial charge is 0.477 e. The third-order valence-electron chi connectivity index (χ3n) is 5.79. The minimum Gasteiger partial charge on any atom is -0.477 e. The number of amides is 2. The average Bonchev–Trinajstić information content (AvgIpc) is 2.90. The SMILES string of the molecule is CCN(CC(=O)N1C[C@H](C(=O)NCc2ccccc2)Oc2ccccc21)S(=O)(=O)c1ccc(Br)cc1. The molecular formula is C26H26BrN3O5S. The Morgan fingerprint density at radius 1 is 1.03 bits per heavy atom. The second-order valence-corrected chi connectivity index (χ2v) is 11.0. The zero-order chi connectivity index (χ0) is 25.7. The number of carbonyl (C=O) groups is 2. The molecule has 0 aliphatic carbocycles. The predicted octanol–water partition coefficient (Wildman–Crippen LogP) is 3.57. The van der Waals surface area contributed by atoms with Crippen molar-refractivity contribution >= 4 is 43.5 Å². The molecule has 0 spiro atoms. The van der Waals surface area contributed by atoms with E-state index in [1.165, 1.54) is 17.0 Å². The van der Waals surface area contributed by atoms with Crippen LogP contribution in [0.15, 0.2) is 88.2 Å². The van der Waals surface area contributed by atoms with Crippen molar-refractivity contribution in [1.29, 1.82) is 0 Å². The van der Waals surface area contributed by atoms with Crippen molar-refractivity contribution in [2.75, 3.05) is 24.5 Å². The molecule has 1 aliphatic heterocycles. The minimum absolute atomic E-state index is 0.0354. The van der Waals surface area contributed by atoms with Crippen LogP contribution < -0.4 is 15.0 Å². The molecule has 1 heterocycles. The Labute approximate surface area is 219 Å². The number of ether oxygens (including phenoxy) is 1. The van der Waals surface area contributed by atoms with E-state index >= 15 is 0 Å². The Balaban J connectivity index is 1.52. The molecule has 2 amide bonds. The van der Waals surface area contributed by atoms with Gasteiger partial charge < -0.3 is 15.0 Å². The molecule has 3 aromatic rings. The van der Waals surface area contributed by atoms with E-state index in [1.54, 1.807) is 43.3 Å². The Morgan fingerprint density at radius 2 is 1.69 bits per heavy atom. The van der Waals surface area contributed by atoms with Gasteiger partial charge in [0.15, 0.2) is 6.10 Å². The number of anilines is 1. The Kier molecular flexibility index (Phi) is 8.07. The van der Waals surface area contributed by atoms with Crippen molar-refractivity contribution in [3.05, 3.63) is 88.9 Å². The fourth-order valence-electron chi connectivity index (χ4n) is 3.86. The average molecular weight is 572 g/mol. The summed E-state index contributed by atoms with van der Waals surface area (Å²) in [5.74, 6) is -0.425. The number of hydrogen-bond donors (Lipinski definition) is 1. The zero-order valence-corrected chi connectivity index (χ0v) is 22.0. The highest BCUT2D eigenvalue weighted by Gasteiger charge is 2.35. The summed E-state index contributed by atoms with van der Waals surface area (Å²) in [5.41, 5.74) is 1.43. The molecule has 0 fully saturated rings. The lowest BCUT2D eigenvalue weighted by Crippen LogP contribution is -2.53. The van der Waals surface area contributed by atoms with Gasteiger partial charge in [-0.1, -0.05) is 65.3 Å². The van der Waals surface area contributed by atoms with Gasteiger partial charge in [0.2, 0.25) is 15.9 Å². The molecule has 1 atom stereocenters. The standard InChI is InChI=1S/C26H26BrN3O5S/c1-2-29(36(33,34)21-14-12-20(27)13-15-21)18-25(31)30-17-24(35-23-11-7-6-10-22(23)30)26(32)28-16-19-8-4-3-5-9-19/h3-15,24H,2,16-18H2,1H3,(H,28,32)/t24-/m1/s1. The van der Waals surface area contributed by atoms with Gasteiger partial charge in [0.25, 0.3) is 5.91 Å². The molecule has 0 saturated carbocycles. The van der Waals surface area contributed by atoms with Gasteiger partial charge in [-0.05, 0) is 42.0 Å². The predicted molar refractivity (Wildman–Crippen MR) is 140 cm³/mol. The lowest BCUT2D eigenvalue weighted by atomic mass is 10.1. The third kappa shape index (κ3) is 5.77. The number of carbonyl (C=O) groups excluding carboxylic acids is 2. The van der Waals surface area contributed by atoms with Crippen molar-refractivity contribution in [3.8, 4) is 5.75 Å². The summed E-state index contributed by atoms with van der Waals surface area (Å²) in [4.78, 5) is 27.9. The summed E-state index contributed by atoms with van der Waals surface area (Å²) in [7, 11) is -3.89. The molecule has 36 heavy (non-hydrogen) atoms. The number of nitrogens with zero attached hydrogens (tertiary/aromatic N) is 2. The first-order valence-electron chi connectivity index (χ1n) is 11.4. The van der Waals surface area contributed by atoms with Crippen LogP contribution in [0, 0.1) is 0 Å². The lowest BCUT2D eigenvalue weighted by Gasteiger charge is -2.35. The molecule has 3 aromatic carbocycles. The highest BCUT2D eigenvalue weighted by atomic mass is 79.9. The van der Waals surface area contributed by atoms with Gasteiger partial charge in [-0.25, -0.2) is 8.42 Å². The van der Waals surface area contributed by atoms with Crippen molar-refractivity contribution < 1.29 is 22.7 Å². The molecular weight excluding hydrogens is 546 g/mol. The second-order valence-electron chi connectivity index (χ2n) is 8.17. The molecule has 0 radical (unpaired) electrons. The van der Waals surface area contributed by atoms with Crippen molar-refractivity contribution in [2.45, 2.75) is 24.5 Å². The summed E-state index contributed by atoms with van der Waals surface area (Å²) in [6, 6.07) is 22.6. The maximum Gasteiger partial charge on any atom is 0.263 e. The van der Waals surface area contributed by atoms with Crippen LogP contribution in [0.1, 0.15) is 12.5 Å². The lowest BCUT2D eigenvalue weighted by molar-refractivity contribution is -0.128. The van der Waals surface area contributed by atoms with Crippen LogP contribution >= 0.6 is 15.9 Å². The quantitative estimate of drug-likeness (QED) is 0.446. The number of sulfonamides is 1. The molecule has 10 heteroatoms. The highest BCUT2D eigenvalue weighted by Crippen LogP contribution is 2.33. The first kappa shape index (κ1) is 25.9. The minimum atomic E-state index is -3.89. The monoisotopic (exact) mass is 571 g/mol. The number of benzene rings is 3. The Hall–Kier alpha value is -3.21. The molecule has 0 aromatic heterocycles. The van der Waals surface area contributed by atoms with E-state index in [0.717, 1.165) is 14.3 Å². The second kappa shape index (κ2) is 11.2. The van der Waals surface area contributed by atoms with Crippen LogP contribution in [0.25, 0.3) is 0 Å². The first-order chi connectivity index (χ1) is 17.3. The first-order valence-corrected chi connectivity index (χ1v) is 13.7. The van der Waals surface area contributed by atoms with Gasteiger partial charge in [0, 0.05) is 17.6 Å². The van der Waals surface area contributed by atoms with E-state index in [-0.39, 0.29) is 30.4 Å². The number of halogens is 1. The molecule has 4 rings (SSSR count). The van der Waals surface area contributed by atoms with Crippen LogP contribution in [0.4, 0.5) is 5.69 Å². The van der Waals surface area contributed by atoms with E-state index in [1.807, 2.05) is 30.3 Å². The number of hydrogen-bond acceptors (Lipinski definition) is 5. The summed E-state index contributed by atoms with van der Waals surface area (Å²) >= 11 is 3.30. The number of fused-ring (bicyclic) bond motifs is 1. The van der Waals surface area contributed by atoms with Crippen LogP contribution in [0.3, 0.4) is 0 Å². The van der Waals surface area contributed by atoms with Crippen LogP contribution in [0.2, 0.25) is 0 Å². The van der Waals surface area contributed by atoms with Crippen LogP contribution in [-0.2, 0) is 26.2 Å². The molecule has 0 unspecified atom stereocenters. The number of nitrogens with one attached hydrogen (secondary N) is 1. The van der Waals surface area contributed by atoms with Gasteiger partial charge in [0.05, 0.1) is 23.7 Å². The summed E-state index contributed by atoms with van der Waals surface area (Å²) < 4.78 is 34.1. The van der Waals surface area contributed by atoms with E-state index in [2.05, 4.69) is 21.2 Å². The van der Waals surface area contributed by atoms with Gasteiger partial charge >= 0.3 is 0 Å². The molecule has 1 aliphatic rings. The highest BCUT2D eigenvalue weighted by molar-refractivity contribution is 9.10. The zero-order valence-electron chi connectivity index (χ0n) is 19.6. The summed E-state index contributed by atoms with van der Waals surface area (Å²) in [6.07, 6.45) is -0.939. The van der Waals surface area contributed by atoms with Crippen molar-refractivity contribution in [1.82, 2.24) is 9.62 Å². The molecule has 8 nitrogen and oxygen atoms in total. The number of rotatable bonds is 8. The number of likely N-dealkylation sites (N-methyl/N-ethyl adjacent to an activating group) is 1. The smallest absolute Gasteiger partial charge is 0.263 e. The topological polar surface area (TPSA) is 96.0 Å². The molecule has 0 bridgehead atoms. The molecule has 0 saturated heterocycles. The van der Waals surface area contributed by atoms with Crippen LogP contribution in [-0.4, -0.2) is 50.3 Å². The van der Waals surface area contributed by atoms with Crippen molar-refractivity contribution in [3.63, 3.8) is 0 Å². The fourth-order valence-corrected chi connectivity index (χ4v) is 5.53. The van der Waals surface area contributed by atoms with Crippen LogP contribution in [0.5, 0.6) is 5.75 Å². The normalized spacial score (nSPS) is 15.2. The van der Waals surface area contributed by atoms with Gasteiger partial charge in [0.1, 0.15) is 5.75 Å². The van der Waals surface area contributed by atoms with Crippen molar-refractivity contribution in [2.24, 2.45) is 0 Å². The van der Waals surface area contributed by atoms with E-state index in [4.69, 9.17) is 4.74 Å². The van der Waals surface area contributed by atoms with Gasteiger partial charge in [-0.2, -0.15) is 4.31 Å². The molecule has 1 N–H and O–H groups in total. The van der Waals surface area contributed by atoms with Gasteiger partial charge in [-0.3, -0.25) is 9.59 Å².